The van der Waals surface area contributed by atoms with Crippen molar-refractivity contribution in [2.75, 3.05) is 35.5 Å². The molecule has 28 heavy (non-hydrogen) atoms. The number of methoxy groups -OCH3 is 5. The van der Waals surface area contributed by atoms with Crippen LogP contribution in [0.4, 0.5) is 0 Å². The van der Waals surface area contributed by atoms with Crippen molar-refractivity contribution >= 4 is 32.4 Å². The van der Waals surface area contributed by atoms with E-state index in [1.165, 1.54) is 6.33 Å². The van der Waals surface area contributed by atoms with E-state index < -0.39 is 0 Å². The highest BCUT2D eigenvalue weighted by atomic mass is 16.5. The van der Waals surface area contributed by atoms with Gasteiger partial charge in [0.1, 0.15) is 6.33 Å². The average molecular weight is 380 g/mol. The lowest BCUT2D eigenvalue weighted by Gasteiger charge is -2.18. The molecule has 0 unspecified atom stereocenters. The van der Waals surface area contributed by atoms with Gasteiger partial charge in [-0.05, 0) is 34.4 Å². The first-order valence-corrected chi connectivity index (χ1v) is 8.58. The number of rotatable bonds is 5. The first kappa shape index (κ1) is 17.9. The van der Waals surface area contributed by atoms with Crippen LogP contribution in [0.3, 0.4) is 0 Å². The van der Waals surface area contributed by atoms with Crippen molar-refractivity contribution in [3.63, 3.8) is 0 Å². The van der Waals surface area contributed by atoms with Crippen molar-refractivity contribution in [3.05, 3.63) is 30.7 Å². The van der Waals surface area contributed by atoms with Gasteiger partial charge in [0.2, 0.25) is 5.75 Å². The van der Waals surface area contributed by atoms with Gasteiger partial charge >= 0.3 is 0 Å². The Morgan fingerprint density at radius 1 is 0.607 bits per heavy atom. The number of nitrogens with zero attached hydrogens (tertiary/aromatic N) is 2. The molecule has 1 heterocycles. The first-order chi connectivity index (χ1) is 13.7. The minimum Gasteiger partial charge on any atom is -0.493 e. The van der Waals surface area contributed by atoms with Gasteiger partial charge in [0.05, 0.1) is 46.5 Å². The van der Waals surface area contributed by atoms with Crippen LogP contribution in [-0.2, 0) is 0 Å². The number of hydrogen-bond acceptors (Lipinski definition) is 7. The number of ether oxygens (including phenoxy) is 5. The molecule has 3 aromatic carbocycles. The van der Waals surface area contributed by atoms with Crippen molar-refractivity contribution in [1.82, 2.24) is 9.97 Å². The van der Waals surface area contributed by atoms with Crippen LogP contribution in [0.25, 0.3) is 32.4 Å². The number of aromatic nitrogens is 2. The summed E-state index contributed by atoms with van der Waals surface area (Å²) in [5, 5.41) is 4.47. The van der Waals surface area contributed by atoms with Crippen molar-refractivity contribution < 1.29 is 23.7 Å². The lowest BCUT2D eigenvalue weighted by Crippen LogP contribution is -1.98. The van der Waals surface area contributed by atoms with E-state index in [2.05, 4.69) is 9.97 Å². The predicted molar refractivity (Wildman–Crippen MR) is 107 cm³/mol. The average Bonchev–Trinajstić information content (AvgIpc) is 2.76. The smallest absolute Gasteiger partial charge is 0.204 e. The molecule has 0 amide bonds. The Bertz CT molecular complexity index is 1200. The number of benzene rings is 3. The van der Waals surface area contributed by atoms with Crippen LogP contribution in [0, 0.1) is 0 Å². The zero-order valence-corrected chi connectivity index (χ0v) is 16.3. The summed E-state index contributed by atoms with van der Waals surface area (Å²) in [7, 11) is 8.00. The van der Waals surface area contributed by atoms with Gasteiger partial charge in [0.25, 0.3) is 0 Å². The molecule has 0 fully saturated rings. The van der Waals surface area contributed by atoms with Crippen LogP contribution in [0.2, 0.25) is 0 Å². The Morgan fingerprint density at radius 2 is 1.18 bits per heavy atom. The van der Waals surface area contributed by atoms with Gasteiger partial charge in [-0.3, -0.25) is 0 Å². The molecule has 0 aliphatic heterocycles. The van der Waals surface area contributed by atoms with E-state index in [0.717, 1.165) is 32.4 Å². The molecule has 0 atom stereocenters. The van der Waals surface area contributed by atoms with Gasteiger partial charge in [-0.15, -0.1) is 0 Å². The largest absolute Gasteiger partial charge is 0.493 e. The van der Waals surface area contributed by atoms with Crippen molar-refractivity contribution in [2.45, 2.75) is 0 Å². The molecule has 0 N–H and O–H groups in total. The molecule has 1 aromatic heterocycles. The van der Waals surface area contributed by atoms with Crippen LogP contribution < -0.4 is 23.7 Å². The molecule has 0 spiro atoms. The highest BCUT2D eigenvalue weighted by molar-refractivity contribution is 6.26. The monoisotopic (exact) mass is 380 g/mol. The highest BCUT2D eigenvalue weighted by Gasteiger charge is 2.22. The zero-order valence-electron chi connectivity index (χ0n) is 16.3. The summed E-state index contributed by atoms with van der Waals surface area (Å²) in [4.78, 5) is 8.76. The molecule has 7 nitrogen and oxygen atoms in total. The Kier molecular flexibility index (Phi) is 4.43. The van der Waals surface area contributed by atoms with E-state index in [4.69, 9.17) is 23.7 Å². The van der Waals surface area contributed by atoms with Crippen LogP contribution in [-0.4, -0.2) is 45.5 Å². The predicted octanol–water partition coefficient (Wildman–Crippen LogP) is 3.98. The third-order valence-corrected chi connectivity index (χ3v) is 4.88. The maximum absolute atomic E-state index is 5.73. The highest BCUT2D eigenvalue weighted by Crippen LogP contribution is 2.49. The van der Waals surface area contributed by atoms with Crippen molar-refractivity contribution in [1.29, 1.82) is 0 Å². The van der Waals surface area contributed by atoms with Crippen LogP contribution in [0.5, 0.6) is 28.7 Å². The molecule has 0 saturated carbocycles. The summed E-state index contributed by atoms with van der Waals surface area (Å²) in [6.07, 6.45) is 3.30. The Labute approximate surface area is 161 Å². The molecule has 4 aromatic rings. The fourth-order valence-corrected chi connectivity index (χ4v) is 3.65. The maximum atomic E-state index is 5.73. The molecule has 7 heteroatoms. The zero-order chi connectivity index (χ0) is 19.8. The van der Waals surface area contributed by atoms with E-state index >= 15 is 0 Å². The number of fused-ring (bicyclic) bond motifs is 6. The molecule has 144 valence electrons. The third kappa shape index (κ3) is 2.43. The summed E-state index contributed by atoms with van der Waals surface area (Å²) >= 11 is 0. The van der Waals surface area contributed by atoms with E-state index in [1.54, 1.807) is 41.7 Å². The van der Waals surface area contributed by atoms with Gasteiger partial charge < -0.3 is 23.7 Å². The van der Waals surface area contributed by atoms with Crippen molar-refractivity contribution in [2.24, 2.45) is 0 Å². The topological polar surface area (TPSA) is 71.9 Å². The summed E-state index contributed by atoms with van der Waals surface area (Å²) in [5.74, 6) is 2.89. The van der Waals surface area contributed by atoms with Crippen LogP contribution in [0.1, 0.15) is 0 Å². The lowest BCUT2D eigenvalue weighted by molar-refractivity contribution is 0.327. The second-order valence-corrected chi connectivity index (χ2v) is 6.11. The number of hydrogen-bond donors (Lipinski definition) is 0. The molecular weight excluding hydrogens is 360 g/mol. The molecule has 0 saturated heterocycles. The summed E-state index contributed by atoms with van der Waals surface area (Å²) in [6.45, 7) is 0. The van der Waals surface area contributed by atoms with Gasteiger partial charge in [-0.1, -0.05) is 0 Å². The third-order valence-electron chi connectivity index (χ3n) is 4.88. The van der Waals surface area contributed by atoms with Crippen LogP contribution in [0.15, 0.2) is 30.7 Å². The minimum atomic E-state index is 0.511. The van der Waals surface area contributed by atoms with Gasteiger partial charge in [0.15, 0.2) is 23.0 Å². The Morgan fingerprint density at radius 3 is 1.75 bits per heavy atom. The fourth-order valence-electron chi connectivity index (χ4n) is 3.65. The maximum Gasteiger partial charge on any atom is 0.204 e. The van der Waals surface area contributed by atoms with Crippen LogP contribution >= 0.6 is 0 Å². The van der Waals surface area contributed by atoms with E-state index in [9.17, 15) is 0 Å². The first-order valence-electron chi connectivity index (χ1n) is 8.58. The SMILES string of the molecule is COc1cc2c(cc1OC)c1cc(OC)c(OC)c(OC)c1c1ncncc21. The summed E-state index contributed by atoms with van der Waals surface area (Å²) in [6, 6.07) is 5.79. The second-order valence-electron chi connectivity index (χ2n) is 6.11. The Hall–Kier alpha value is -3.48. The Balaban J connectivity index is 2.34. The standard InChI is InChI=1S/C21H20N2O5/c1-24-15-6-11-12(7-16(15)25-2)14-9-22-10-23-19(14)18-13(11)8-17(26-3)20(27-4)21(18)28-5/h6-10H,1-5H3. The fraction of sp³-hybridized carbons (Fsp3) is 0.238. The molecule has 4 rings (SSSR count). The lowest BCUT2D eigenvalue weighted by atomic mass is 9.96. The summed E-state index contributed by atoms with van der Waals surface area (Å²) < 4.78 is 27.9. The molecule has 0 radical (unpaired) electrons. The molecule has 0 aliphatic rings. The molecule has 0 bridgehead atoms. The normalized spacial score (nSPS) is 11.0. The summed E-state index contributed by atoms with van der Waals surface area (Å²) in [5.41, 5.74) is 0.752. The van der Waals surface area contributed by atoms with Gasteiger partial charge in [-0.25, -0.2) is 9.97 Å². The quantitative estimate of drug-likeness (QED) is 0.485. The van der Waals surface area contributed by atoms with Gasteiger partial charge in [0, 0.05) is 11.6 Å². The van der Waals surface area contributed by atoms with Gasteiger partial charge in [-0.2, -0.15) is 0 Å². The van der Waals surface area contributed by atoms with E-state index in [-0.39, 0.29) is 0 Å². The molecule has 0 aliphatic carbocycles. The van der Waals surface area contributed by atoms with E-state index in [1.807, 2.05) is 18.2 Å². The van der Waals surface area contributed by atoms with Crippen molar-refractivity contribution in [3.8, 4) is 28.7 Å². The van der Waals surface area contributed by atoms with E-state index in [0.29, 0.717) is 28.7 Å². The molecular formula is C21H20N2O5. The minimum absolute atomic E-state index is 0.511. The second kappa shape index (κ2) is 6.92.